The molecule has 2 nitrogen and oxygen atoms in total. The van der Waals surface area contributed by atoms with Gasteiger partial charge >= 0.3 is 0 Å². The maximum absolute atomic E-state index is 9.01. The van der Waals surface area contributed by atoms with Crippen LogP contribution in [0.5, 0.6) is 5.75 Å². The van der Waals surface area contributed by atoms with Crippen LogP contribution in [0.3, 0.4) is 0 Å². The van der Waals surface area contributed by atoms with E-state index in [2.05, 4.69) is 32.9 Å². The normalized spacial score (nSPS) is 10.9. The zero-order valence-electron chi connectivity index (χ0n) is 11.4. The van der Waals surface area contributed by atoms with Crippen LogP contribution >= 0.6 is 0 Å². The molecule has 0 fully saturated rings. The maximum Gasteiger partial charge on any atom is 0.125 e. The van der Waals surface area contributed by atoms with Crippen LogP contribution in [0.4, 0.5) is 0 Å². The highest BCUT2D eigenvalue weighted by atomic mass is 16.5. The first kappa shape index (κ1) is 14.0. The van der Waals surface area contributed by atoms with Crippen LogP contribution in [0.15, 0.2) is 12.1 Å². The van der Waals surface area contributed by atoms with Crippen molar-refractivity contribution in [3.63, 3.8) is 0 Å². The van der Waals surface area contributed by atoms with Gasteiger partial charge in [0.15, 0.2) is 0 Å². The second-order valence-corrected chi connectivity index (χ2v) is 4.66. The van der Waals surface area contributed by atoms with Gasteiger partial charge in [0.25, 0.3) is 0 Å². The molecule has 17 heavy (non-hydrogen) atoms. The Bertz CT molecular complexity index is 356. The van der Waals surface area contributed by atoms with Crippen LogP contribution in [-0.4, -0.2) is 18.8 Å². The van der Waals surface area contributed by atoms with Crippen LogP contribution < -0.4 is 4.74 Å². The highest BCUT2D eigenvalue weighted by molar-refractivity contribution is 5.48. The lowest BCUT2D eigenvalue weighted by Crippen LogP contribution is -2.04. The van der Waals surface area contributed by atoms with Gasteiger partial charge in [-0.25, -0.2) is 0 Å². The summed E-state index contributed by atoms with van der Waals surface area (Å²) in [4.78, 5) is 0. The highest BCUT2D eigenvalue weighted by Crippen LogP contribution is 2.32. The van der Waals surface area contributed by atoms with Gasteiger partial charge in [-0.05, 0) is 41.9 Å². The standard InChI is InChI=1S/C15H24O2/c1-5-12-8-9-13(11(2)3)14(7-6-10-16)15(12)17-4/h8-9,11,16H,5-7,10H2,1-4H3. The van der Waals surface area contributed by atoms with Crippen molar-refractivity contribution in [3.8, 4) is 5.75 Å². The molecule has 2 heteroatoms. The molecule has 1 rings (SSSR count). The van der Waals surface area contributed by atoms with Gasteiger partial charge in [-0.1, -0.05) is 32.9 Å². The molecule has 1 aromatic rings. The SMILES string of the molecule is CCc1ccc(C(C)C)c(CCCO)c1OC. The number of hydrogen-bond acceptors (Lipinski definition) is 2. The third kappa shape index (κ3) is 3.22. The van der Waals surface area contributed by atoms with E-state index >= 15 is 0 Å². The fourth-order valence-corrected chi connectivity index (χ4v) is 2.28. The zero-order valence-corrected chi connectivity index (χ0v) is 11.4. The Kier molecular flexibility index (Phi) is 5.49. The van der Waals surface area contributed by atoms with Crippen LogP contribution in [-0.2, 0) is 12.8 Å². The van der Waals surface area contributed by atoms with Crippen molar-refractivity contribution in [2.24, 2.45) is 0 Å². The molecule has 1 aromatic carbocycles. The summed E-state index contributed by atoms with van der Waals surface area (Å²) in [7, 11) is 1.74. The third-order valence-corrected chi connectivity index (χ3v) is 3.17. The Morgan fingerprint density at radius 2 is 2.00 bits per heavy atom. The molecule has 0 aliphatic carbocycles. The predicted octanol–water partition coefficient (Wildman–Crippen LogP) is 3.31. The van der Waals surface area contributed by atoms with Crippen LogP contribution in [0.25, 0.3) is 0 Å². The molecular formula is C15H24O2. The Balaban J connectivity index is 3.23. The molecule has 0 aliphatic rings. The lowest BCUT2D eigenvalue weighted by molar-refractivity contribution is 0.287. The molecule has 0 spiro atoms. The monoisotopic (exact) mass is 236 g/mol. The summed E-state index contributed by atoms with van der Waals surface area (Å²) in [5.41, 5.74) is 3.87. The predicted molar refractivity (Wildman–Crippen MR) is 71.9 cm³/mol. The smallest absolute Gasteiger partial charge is 0.125 e. The van der Waals surface area contributed by atoms with Gasteiger partial charge in [0.1, 0.15) is 5.75 Å². The fraction of sp³-hybridized carbons (Fsp3) is 0.600. The van der Waals surface area contributed by atoms with E-state index in [0.29, 0.717) is 5.92 Å². The molecule has 0 unspecified atom stereocenters. The summed E-state index contributed by atoms with van der Waals surface area (Å²) < 4.78 is 5.57. The van der Waals surface area contributed by atoms with Crippen LogP contribution in [0.2, 0.25) is 0 Å². The van der Waals surface area contributed by atoms with Crippen molar-refractivity contribution in [2.75, 3.05) is 13.7 Å². The summed E-state index contributed by atoms with van der Waals surface area (Å²) in [6, 6.07) is 4.37. The second-order valence-electron chi connectivity index (χ2n) is 4.66. The number of benzene rings is 1. The summed E-state index contributed by atoms with van der Waals surface area (Å²) in [6.45, 7) is 6.77. The summed E-state index contributed by atoms with van der Waals surface area (Å²) in [5, 5.41) is 9.01. The van der Waals surface area contributed by atoms with Gasteiger partial charge in [-0.2, -0.15) is 0 Å². The molecule has 0 heterocycles. The first-order valence-electron chi connectivity index (χ1n) is 6.45. The molecule has 0 saturated carbocycles. The van der Waals surface area contributed by atoms with Crippen molar-refractivity contribution >= 4 is 0 Å². The highest BCUT2D eigenvalue weighted by Gasteiger charge is 2.14. The van der Waals surface area contributed by atoms with E-state index < -0.39 is 0 Å². The van der Waals surface area contributed by atoms with E-state index in [1.165, 1.54) is 16.7 Å². The molecule has 96 valence electrons. The first-order valence-corrected chi connectivity index (χ1v) is 6.45. The molecule has 0 aliphatic heterocycles. The number of rotatable bonds is 6. The first-order chi connectivity index (χ1) is 8.15. The Hall–Kier alpha value is -1.02. The topological polar surface area (TPSA) is 29.5 Å². The number of methoxy groups -OCH3 is 1. The summed E-state index contributed by atoms with van der Waals surface area (Å²) >= 11 is 0. The minimum Gasteiger partial charge on any atom is -0.496 e. The Labute approximate surface area is 105 Å². The van der Waals surface area contributed by atoms with E-state index in [1.54, 1.807) is 7.11 Å². The molecule has 1 N–H and O–H groups in total. The average molecular weight is 236 g/mol. The van der Waals surface area contributed by atoms with Gasteiger partial charge < -0.3 is 9.84 Å². The molecule has 0 atom stereocenters. The second kappa shape index (κ2) is 6.65. The van der Waals surface area contributed by atoms with E-state index in [-0.39, 0.29) is 6.61 Å². The number of ether oxygens (including phenoxy) is 1. The van der Waals surface area contributed by atoms with Gasteiger partial charge in [0.2, 0.25) is 0 Å². The van der Waals surface area contributed by atoms with E-state index in [9.17, 15) is 0 Å². The molecule has 0 saturated heterocycles. The molecular weight excluding hydrogens is 212 g/mol. The molecule has 0 bridgehead atoms. The van der Waals surface area contributed by atoms with E-state index in [4.69, 9.17) is 9.84 Å². The van der Waals surface area contributed by atoms with Crippen molar-refractivity contribution < 1.29 is 9.84 Å². The third-order valence-electron chi connectivity index (χ3n) is 3.17. The fourth-order valence-electron chi connectivity index (χ4n) is 2.28. The van der Waals surface area contributed by atoms with Crippen LogP contribution in [0, 0.1) is 0 Å². The largest absolute Gasteiger partial charge is 0.496 e. The molecule has 0 radical (unpaired) electrons. The zero-order chi connectivity index (χ0) is 12.8. The van der Waals surface area contributed by atoms with E-state index in [0.717, 1.165) is 25.0 Å². The van der Waals surface area contributed by atoms with Crippen molar-refractivity contribution in [1.29, 1.82) is 0 Å². The van der Waals surface area contributed by atoms with Gasteiger partial charge in [-0.3, -0.25) is 0 Å². The number of aryl methyl sites for hydroxylation is 1. The lowest BCUT2D eigenvalue weighted by Gasteiger charge is -2.19. The summed E-state index contributed by atoms with van der Waals surface area (Å²) in [5.74, 6) is 1.51. The lowest BCUT2D eigenvalue weighted by atomic mass is 9.91. The van der Waals surface area contributed by atoms with Crippen LogP contribution in [0.1, 0.15) is 49.8 Å². The minimum absolute atomic E-state index is 0.233. The number of aliphatic hydroxyl groups is 1. The molecule has 0 aromatic heterocycles. The average Bonchev–Trinajstić information content (AvgIpc) is 2.34. The van der Waals surface area contributed by atoms with Gasteiger partial charge in [0.05, 0.1) is 7.11 Å². The Morgan fingerprint density at radius 3 is 2.47 bits per heavy atom. The molecule has 0 amide bonds. The summed E-state index contributed by atoms with van der Waals surface area (Å²) in [6.07, 6.45) is 2.66. The number of aliphatic hydroxyl groups excluding tert-OH is 1. The maximum atomic E-state index is 9.01. The van der Waals surface area contributed by atoms with Crippen molar-refractivity contribution in [2.45, 2.75) is 46.0 Å². The van der Waals surface area contributed by atoms with Crippen molar-refractivity contribution in [1.82, 2.24) is 0 Å². The van der Waals surface area contributed by atoms with Crippen molar-refractivity contribution in [3.05, 3.63) is 28.8 Å². The van der Waals surface area contributed by atoms with E-state index in [1.807, 2.05) is 0 Å². The number of hydrogen-bond donors (Lipinski definition) is 1. The minimum atomic E-state index is 0.233. The van der Waals surface area contributed by atoms with Gasteiger partial charge in [-0.15, -0.1) is 0 Å². The quantitative estimate of drug-likeness (QED) is 0.821. The van der Waals surface area contributed by atoms with Gasteiger partial charge in [0, 0.05) is 6.61 Å². The Morgan fingerprint density at radius 1 is 1.29 bits per heavy atom.